The number of aromatic nitrogens is 2. The van der Waals surface area contributed by atoms with Gasteiger partial charge in [0, 0.05) is 60.5 Å². The largest absolute Gasteiger partial charge is 0.491 e. The fourth-order valence-electron chi connectivity index (χ4n) is 6.20. The maximum absolute atomic E-state index is 12.3. The quantitative estimate of drug-likeness (QED) is 0.238. The van der Waals surface area contributed by atoms with Crippen LogP contribution in [0.15, 0.2) is 85.5 Å². The summed E-state index contributed by atoms with van der Waals surface area (Å²) >= 11 is 12.7. The highest BCUT2D eigenvalue weighted by molar-refractivity contribution is 6.35. The number of amides is 3. The Labute approximate surface area is 282 Å². The van der Waals surface area contributed by atoms with Crippen LogP contribution in [0, 0.1) is 0 Å². The summed E-state index contributed by atoms with van der Waals surface area (Å²) < 4.78 is 20.8. The maximum Gasteiger partial charge on any atom is 0.329 e. The third-order valence-corrected chi connectivity index (χ3v) is 9.22. The molecule has 0 spiro atoms. The first-order valence-electron chi connectivity index (χ1n) is 15.5. The van der Waals surface area contributed by atoms with Gasteiger partial charge in [-0.1, -0.05) is 29.3 Å². The summed E-state index contributed by atoms with van der Waals surface area (Å²) in [6.45, 7) is 6.09. The second kappa shape index (κ2) is 13.1. The number of nitrogens with zero attached hydrogens (tertiary/aromatic N) is 5. The van der Waals surface area contributed by atoms with Crippen LogP contribution in [-0.2, 0) is 26.6 Å². The van der Waals surface area contributed by atoms with E-state index in [2.05, 4.69) is 32.2 Å². The Kier molecular flexibility index (Phi) is 8.71. The zero-order valence-corrected chi connectivity index (χ0v) is 27.2. The molecule has 47 heavy (non-hydrogen) atoms. The zero-order valence-electron chi connectivity index (χ0n) is 25.7. The van der Waals surface area contributed by atoms with Crippen LogP contribution in [0.2, 0.25) is 10.0 Å². The van der Waals surface area contributed by atoms with Crippen LogP contribution >= 0.6 is 23.2 Å². The lowest BCUT2D eigenvalue weighted by atomic mass is 10.1. The van der Waals surface area contributed by atoms with Crippen LogP contribution in [0.4, 0.5) is 21.9 Å². The lowest BCUT2D eigenvalue weighted by Crippen LogP contribution is -2.46. The van der Waals surface area contributed by atoms with Gasteiger partial charge in [0.25, 0.3) is 5.91 Å². The summed E-state index contributed by atoms with van der Waals surface area (Å²) in [7, 11) is 0. The van der Waals surface area contributed by atoms with Crippen molar-refractivity contribution in [3.63, 3.8) is 0 Å². The standard InChI is InChI=1S/C34H34Cl2N6O5/c1-23-32(43)42(33(44)38-23)27-5-3-25(4-6-27)40-14-16-41(17-15-40)26-7-9-28(10-8-26)45-19-29-20-46-34(47-29,21-39-13-12-37-22-39)30-11-2-24(35)18-31(30)36/h2-13,18,22-23,29H,14-17,19-21H2,1H3,(H,38,44)/t23?,29-,34-/m1/s1. The van der Waals surface area contributed by atoms with E-state index < -0.39 is 11.8 Å². The van der Waals surface area contributed by atoms with Crippen molar-refractivity contribution in [2.75, 3.05) is 54.1 Å². The number of halogens is 2. The molecule has 3 atom stereocenters. The molecule has 3 saturated heterocycles. The summed E-state index contributed by atoms with van der Waals surface area (Å²) in [6.07, 6.45) is 4.95. The van der Waals surface area contributed by atoms with Gasteiger partial charge in [0.15, 0.2) is 0 Å². The minimum absolute atomic E-state index is 0.239. The minimum atomic E-state index is -1.10. The number of carbonyl (C=O) groups is 2. The van der Waals surface area contributed by atoms with Crippen LogP contribution in [0.25, 0.3) is 0 Å². The Bertz CT molecular complexity index is 1730. The van der Waals surface area contributed by atoms with E-state index in [9.17, 15) is 9.59 Å². The van der Waals surface area contributed by atoms with Gasteiger partial charge >= 0.3 is 6.03 Å². The monoisotopic (exact) mass is 676 g/mol. The van der Waals surface area contributed by atoms with E-state index in [0.717, 1.165) is 43.3 Å². The Morgan fingerprint density at radius 2 is 1.60 bits per heavy atom. The molecule has 3 amide bonds. The summed E-state index contributed by atoms with van der Waals surface area (Å²) in [5.74, 6) is -0.601. The van der Waals surface area contributed by atoms with Crippen LogP contribution in [0.3, 0.4) is 0 Å². The number of benzene rings is 3. The number of nitrogens with one attached hydrogen (secondary N) is 1. The van der Waals surface area contributed by atoms with Gasteiger partial charge in [0.1, 0.15) is 24.5 Å². The van der Waals surface area contributed by atoms with Crippen molar-refractivity contribution < 1.29 is 23.8 Å². The SMILES string of the molecule is CC1NC(=O)N(c2ccc(N3CCN(c4ccc(OC[C@@H]5CO[C@@](Cn6ccnc6)(c6ccc(Cl)cc6Cl)O5)cc4)CC3)cc2)C1=O. The summed E-state index contributed by atoms with van der Waals surface area (Å²) in [5.41, 5.74) is 3.46. The van der Waals surface area contributed by atoms with Crippen molar-refractivity contribution in [3.8, 4) is 5.75 Å². The molecule has 3 aromatic carbocycles. The zero-order chi connectivity index (χ0) is 32.5. The number of carbonyl (C=O) groups excluding carboxylic acids is 2. The Morgan fingerprint density at radius 3 is 2.19 bits per heavy atom. The van der Waals surface area contributed by atoms with Gasteiger partial charge in [-0.2, -0.15) is 0 Å². The number of rotatable bonds is 9. The molecule has 11 nitrogen and oxygen atoms in total. The van der Waals surface area contributed by atoms with Crippen molar-refractivity contribution in [2.45, 2.75) is 31.4 Å². The first-order valence-corrected chi connectivity index (χ1v) is 16.2. The molecule has 1 N–H and O–H groups in total. The predicted octanol–water partition coefficient (Wildman–Crippen LogP) is 5.31. The minimum Gasteiger partial charge on any atom is -0.491 e. The van der Waals surface area contributed by atoms with Crippen molar-refractivity contribution in [2.24, 2.45) is 0 Å². The lowest BCUT2D eigenvalue weighted by Gasteiger charge is -2.37. The highest BCUT2D eigenvalue weighted by Crippen LogP contribution is 2.40. The first kappa shape index (κ1) is 31.3. The van der Waals surface area contributed by atoms with Crippen molar-refractivity contribution in [1.29, 1.82) is 0 Å². The number of ether oxygens (including phenoxy) is 3. The molecule has 0 aliphatic carbocycles. The molecule has 3 aliphatic rings. The van der Waals surface area contributed by atoms with Gasteiger partial charge in [-0.3, -0.25) is 4.79 Å². The molecule has 0 radical (unpaired) electrons. The third-order valence-electron chi connectivity index (χ3n) is 8.68. The second-order valence-corrected chi connectivity index (χ2v) is 12.6. The number of urea groups is 1. The first-order chi connectivity index (χ1) is 22.8. The number of hydrogen-bond donors (Lipinski definition) is 1. The fraction of sp³-hybridized carbons (Fsp3) is 0.324. The number of imide groups is 1. The van der Waals surface area contributed by atoms with Crippen LogP contribution in [0.1, 0.15) is 12.5 Å². The van der Waals surface area contributed by atoms with E-state index in [4.69, 9.17) is 37.4 Å². The smallest absolute Gasteiger partial charge is 0.329 e. The molecular weight excluding hydrogens is 643 g/mol. The topological polar surface area (TPSA) is 101 Å². The molecule has 4 aromatic rings. The highest BCUT2D eigenvalue weighted by Gasteiger charge is 2.45. The van der Waals surface area contributed by atoms with Crippen molar-refractivity contribution in [3.05, 3.63) is 101 Å². The van der Waals surface area contributed by atoms with Gasteiger partial charge in [-0.05, 0) is 67.6 Å². The summed E-state index contributed by atoms with van der Waals surface area (Å²) in [6, 6.07) is 20.1. The van der Waals surface area contributed by atoms with Crippen molar-refractivity contribution in [1.82, 2.24) is 14.9 Å². The predicted molar refractivity (Wildman–Crippen MR) is 179 cm³/mol. The van der Waals surface area contributed by atoms with E-state index in [-0.39, 0.29) is 18.0 Å². The summed E-state index contributed by atoms with van der Waals surface area (Å²) in [5, 5.41) is 3.65. The Hall–Kier alpha value is -4.29. The maximum atomic E-state index is 12.3. The molecule has 0 bridgehead atoms. The molecule has 3 aliphatic heterocycles. The van der Waals surface area contributed by atoms with Gasteiger partial charge in [-0.25, -0.2) is 14.7 Å². The molecular formula is C34H34Cl2N6O5. The number of hydrogen-bond acceptors (Lipinski definition) is 8. The number of anilines is 3. The van der Waals surface area contributed by atoms with Crippen molar-refractivity contribution >= 4 is 52.2 Å². The normalized spacial score (nSPS) is 23.0. The third kappa shape index (κ3) is 6.48. The van der Waals surface area contributed by atoms with Gasteiger partial charge in [-0.15, -0.1) is 0 Å². The molecule has 4 heterocycles. The van der Waals surface area contributed by atoms with Crippen LogP contribution < -0.4 is 24.8 Å². The highest BCUT2D eigenvalue weighted by atomic mass is 35.5. The van der Waals surface area contributed by atoms with Crippen LogP contribution in [-0.4, -0.2) is 73.0 Å². The van der Waals surface area contributed by atoms with Gasteiger partial charge < -0.3 is 33.9 Å². The molecule has 0 saturated carbocycles. The van der Waals surface area contributed by atoms with Gasteiger partial charge in [0.2, 0.25) is 5.79 Å². The van der Waals surface area contributed by atoms with Crippen LogP contribution in [0.5, 0.6) is 5.75 Å². The molecule has 13 heteroatoms. The lowest BCUT2D eigenvalue weighted by molar-refractivity contribution is -0.189. The van der Waals surface area contributed by atoms with E-state index in [1.165, 1.54) is 4.90 Å². The van der Waals surface area contributed by atoms with Gasteiger partial charge in [0.05, 0.1) is 30.2 Å². The number of imidazole rings is 1. The molecule has 1 unspecified atom stereocenters. The van der Waals surface area contributed by atoms with E-state index in [0.29, 0.717) is 41.1 Å². The van der Waals surface area contributed by atoms with E-state index in [1.54, 1.807) is 31.6 Å². The number of piperazine rings is 1. The Balaban J connectivity index is 0.926. The molecule has 7 rings (SSSR count). The molecule has 3 fully saturated rings. The average molecular weight is 678 g/mol. The molecule has 1 aromatic heterocycles. The average Bonchev–Trinajstić information content (AvgIpc) is 3.80. The van der Waals surface area contributed by atoms with E-state index >= 15 is 0 Å². The van der Waals surface area contributed by atoms with E-state index in [1.807, 2.05) is 53.2 Å². The fourth-order valence-corrected chi connectivity index (χ4v) is 6.76. The summed E-state index contributed by atoms with van der Waals surface area (Å²) in [4.78, 5) is 34.5. The second-order valence-electron chi connectivity index (χ2n) is 11.8. The Morgan fingerprint density at radius 1 is 0.936 bits per heavy atom. The molecule has 244 valence electrons.